The van der Waals surface area contributed by atoms with Gasteiger partial charge >= 0.3 is 5.97 Å². The topological polar surface area (TPSA) is 50.4 Å². The average Bonchev–Trinajstić information content (AvgIpc) is 2.46. The summed E-state index contributed by atoms with van der Waals surface area (Å²) in [6.07, 6.45) is 1.80. The summed E-state index contributed by atoms with van der Waals surface area (Å²) < 4.78 is 6.22. The molecule has 1 unspecified atom stereocenters. The lowest BCUT2D eigenvalue weighted by atomic mass is 10.2. The van der Waals surface area contributed by atoms with Gasteiger partial charge in [-0.15, -0.1) is 0 Å². The normalized spacial score (nSPS) is 15.8. The summed E-state index contributed by atoms with van der Waals surface area (Å²) in [5, 5.41) is 0.503. The molecule has 0 saturated carbocycles. The standard InChI is InChI=1S/C23H54N2O2Si3/c1-21(2,3)28(10,11)24-18-16-17-19(25-29(12,13)22(4,5)6)20(26)27-30(14,15)23(7,8)9/h19,24-25H,16-18H2,1-15H3. The predicted molar refractivity (Wildman–Crippen MR) is 142 cm³/mol. The number of carbonyl (C=O) groups excluding carboxylic acids is 1. The lowest BCUT2D eigenvalue weighted by Crippen LogP contribution is -2.60. The van der Waals surface area contributed by atoms with E-state index in [-0.39, 0.29) is 22.1 Å². The molecule has 0 aromatic rings. The first-order chi connectivity index (χ1) is 12.9. The largest absolute Gasteiger partial charge is 0.518 e. The van der Waals surface area contributed by atoms with Crippen LogP contribution < -0.4 is 9.96 Å². The molecule has 0 rings (SSSR count). The van der Waals surface area contributed by atoms with E-state index in [1.165, 1.54) is 0 Å². The van der Waals surface area contributed by atoms with Gasteiger partial charge < -0.3 is 14.4 Å². The molecule has 4 nitrogen and oxygen atoms in total. The maximum absolute atomic E-state index is 13.3. The number of hydrogen-bond donors (Lipinski definition) is 2. The van der Waals surface area contributed by atoms with Crippen molar-refractivity contribution in [2.24, 2.45) is 0 Å². The minimum atomic E-state index is -2.14. The van der Waals surface area contributed by atoms with Gasteiger partial charge in [-0.05, 0) is 47.6 Å². The number of rotatable bonds is 9. The summed E-state index contributed by atoms with van der Waals surface area (Å²) in [6.45, 7) is 35.1. The Kier molecular flexibility index (Phi) is 9.91. The number of hydrogen-bond acceptors (Lipinski definition) is 4. The summed E-state index contributed by atoms with van der Waals surface area (Å²) >= 11 is 0. The minimum absolute atomic E-state index is 0.0219. The Morgan fingerprint density at radius 2 is 1.20 bits per heavy atom. The van der Waals surface area contributed by atoms with Crippen molar-refractivity contribution in [1.29, 1.82) is 0 Å². The summed E-state index contributed by atoms with van der Waals surface area (Å²) in [5.74, 6) is -0.0428. The van der Waals surface area contributed by atoms with E-state index in [0.29, 0.717) is 5.04 Å². The van der Waals surface area contributed by atoms with Gasteiger partial charge in [0.2, 0.25) is 0 Å². The van der Waals surface area contributed by atoms with Crippen LogP contribution in [0.4, 0.5) is 0 Å². The molecular weight excluding hydrogens is 421 g/mol. The van der Waals surface area contributed by atoms with Crippen molar-refractivity contribution in [3.63, 3.8) is 0 Å². The van der Waals surface area contributed by atoms with Gasteiger partial charge in [0.05, 0.1) is 6.04 Å². The monoisotopic (exact) mass is 474 g/mol. The van der Waals surface area contributed by atoms with E-state index in [1.807, 2.05) is 0 Å². The van der Waals surface area contributed by atoms with Crippen LogP contribution in [-0.4, -0.2) is 43.3 Å². The average molecular weight is 475 g/mol. The van der Waals surface area contributed by atoms with Gasteiger partial charge in [0.15, 0.2) is 0 Å². The minimum Gasteiger partial charge on any atom is -0.518 e. The van der Waals surface area contributed by atoms with E-state index in [2.05, 4.69) is 112 Å². The summed E-state index contributed by atoms with van der Waals surface area (Å²) in [5.41, 5.74) is 0. The molecule has 0 spiro atoms. The fraction of sp³-hybridized carbons (Fsp3) is 0.957. The van der Waals surface area contributed by atoms with Crippen LogP contribution in [0.15, 0.2) is 0 Å². The van der Waals surface area contributed by atoms with Crippen LogP contribution in [0.1, 0.15) is 75.2 Å². The molecule has 0 aliphatic rings. The molecule has 2 N–H and O–H groups in total. The van der Waals surface area contributed by atoms with Crippen LogP contribution in [0.25, 0.3) is 0 Å². The zero-order valence-electron chi connectivity index (χ0n) is 23.0. The van der Waals surface area contributed by atoms with Gasteiger partial charge in [0, 0.05) is 0 Å². The van der Waals surface area contributed by atoms with Gasteiger partial charge in [0.25, 0.3) is 8.32 Å². The third-order valence-corrected chi connectivity index (χ3v) is 22.0. The third kappa shape index (κ3) is 8.53. The van der Waals surface area contributed by atoms with E-state index >= 15 is 0 Å². The Balaban J connectivity index is 5.35. The molecule has 7 heteroatoms. The zero-order valence-corrected chi connectivity index (χ0v) is 26.0. The van der Waals surface area contributed by atoms with E-state index in [9.17, 15) is 4.79 Å². The molecule has 0 aliphatic carbocycles. The lowest BCUT2D eigenvalue weighted by Gasteiger charge is -2.42. The van der Waals surface area contributed by atoms with Crippen LogP contribution in [-0.2, 0) is 9.22 Å². The molecule has 1 atom stereocenters. The van der Waals surface area contributed by atoms with E-state index in [0.717, 1.165) is 19.4 Å². The first-order valence-corrected chi connectivity index (χ1v) is 20.6. The Bertz CT molecular complexity index is 568. The zero-order chi connectivity index (χ0) is 24.4. The van der Waals surface area contributed by atoms with Crippen LogP contribution in [0.5, 0.6) is 0 Å². The van der Waals surface area contributed by atoms with Crippen molar-refractivity contribution >= 4 is 30.8 Å². The fourth-order valence-electron chi connectivity index (χ4n) is 2.35. The quantitative estimate of drug-likeness (QED) is 0.282. The Labute approximate surface area is 192 Å². The molecule has 0 fully saturated rings. The molecule has 0 bridgehead atoms. The van der Waals surface area contributed by atoms with Crippen molar-refractivity contribution in [2.45, 2.75) is 136 Å². The maximum Gasteiger partial charge on any atom is 0.309 e. The first-order valence-electron chi connectivity index (χ1n) is 11.7. The van der Waals surface area contributed by atoms with E-state index in [4.69, 9.17) is 4.43 Å². The molecule has 0 saturated heterocycles. The molecule has 0 aromatic heterocycles. The molecular formula is C23H54N2O2Si3. The highest BCUT2D eigenvalue weighted by molar-refractivity contribution is 6.78. The van der Waals surface area contributed by atoms with Crippen LogP contribution in [0.2, 0.25) is 54.4 Å². The molecule has 30 heavy (non-hydrogen) atoms. The fourth-order valence-corrected chi connectivity index (χ4v) is 6.20. The van der Waals surface area contributed by atoms with Crippen molar-refractivity contribution in [1.82, 2.24) is 9.96 Å². The molecule has 0 amide bonds. The lowest BCUT2D eigenvalue weighted by molar-refractivity contribution is -0.137. The molecule has 0 radical (unpaired) electrons. The Morgan fingerprint density at radius 3 is 1.57 bits per heavy atom. The van der Waals surface area contributed by atoms with Crippen molar-refractivity contribution in [3.8, 4) is 0 Å². The van der Waals surface area contributed by atoms with Gasteiger partial charge in [-0.25, -0.2) is 0 Å². The molecule has 180 valence electrons. The van der Waals surface area contributed by atoms with Crippen molar-refractivity contribution < 1.29 is 9.22 Å². The van der Waals surface area contributed by atoms with Gasteiger partial charge in [0.1, 0.15) is 16.5 Å². The van der Waals surface area contributed by atoms with Gasteiger partial charge in [-0.1, -0.05) is 88.5 Å². The van der Waals surface area contributed by atoms with Crippen LogP contribution >= 0.6 is 0 Å². The van der Waals surface area contributed by atoms with E-state index in [1.54, 1.807) is 0 Å². The number of carbonyl (C=O) groups is 1. The van der Waals surface area contributed by atoms with Crippen molar-refractivity contribution in [2.75, 3.05) is 6.54 Å². The Morgan fingerprint density at radius 1 is 0.767 bits per heavy atom. The smallest absolute Gasteiger partial charge is 0.309 e. The summed E-state index contributed by atoms with van der Waals surface area (Å²) in [7, 11) is -5.48. The SMILES string of the molecule is CC(C)(C)[Si](C)(C)NCCCC(N[Si](C)(C)C(C)(C)C)C(=O)O[Si](C)(C)C(C)(C)C. The van der Waals surface area contributed by atoms with Gasteiger partial charge in [-0.3, -0.25) is 4.79 Å². The van der Waals surface area contributed by atoms with E-state index < -0.39 is 24.8 Å². The summed E-state index contributed by atoms with van der Waals surface area (Å²) in [6, 6.07) is -0.221. The van der Waals surface area contributed by atoms with Gasteiger partial charge in [-0.2, -0.15) is 0 Å². The highest BCUT2D eigenvalue weighted by Crippen LogP contribution is 2.38. The van der Waals surface area contributed by atoms with Crippen LogP contribution in [0, 0.1) is 0 Å². The molecule has 0 heterocycles. The maximum atomic E-state index is 13.3. The second-order valence-electron chi connectivity index (χ2n) is 13.7. The highest BCUT2D eigenvalue weighted by Gasteiger charge is 2.44. The van der Waals surface area contributed by atoms with Crippen molar-refractivity contribution in [3.05, 3.63) is 0 Å². The van der Waals surface area contributed by atoms with Crippen LogP contribution in [0.3, 0.4) is 0 Å². The second-order valence-corrected chi connectivity index (χ2v) is 28.6. The third-order valence-electron chi connectivity index (χ3n) is 7.97. The number of nitrogens with one attached hydrogen (secondary N) is 2. The first kappa shape index (κ1) is 30.0. The molecule has 0 aromatic carbocycles. The predicted octanol–water partition coefficient (Wildman–Crippen LogP) is 6.87. The summed E-state index contributed by atoms with van der Waals surface area (Å²) in [4.78, 5) is 21.0. The highest BCUT2D eigenvalue weighted by atomic mass is 28.4. The molecule has 0 aliphatic heterocycles. The second kappa shape index (κ2) is 9.89. The Hall–Kier alpha value is 0.0406.